The average Bonchev–Trinajstić information content (AvgIpc) is 2.29. The van der Waals surface area contributed by atoms with Gasteiger partial charge in [0.2, 0.25) is 0 Å². The van der Waals surface area contributed by atoms with Crippen molar-refractivity contribution in [1.82, 2.24) is 5.32 Å². The van der Waals surface area contributed by atoms with Crippen molar-refractivity contribution < 1.29 is 18.0 Å². The lowest BCUT2D eigenvalue weighted by Gasteiger charge is -2.09. The highest BCUT2D eigenvalue weighted by Gasteiger charge is 2.26. The van der Waals surface area contributed by atoms with Crippen LogP contribution in [0.3, 0.4) is 0 Å². The smallest absolute Gasteiger partial charge is 0.389 e. The quantitative estimate of drug-likeness (QED) is 0.658. The lowest BCUT2D eigenvalue weighted by molar-refractivity contribution is -0.135. The number of rotatable bonds is 4. The van der Waals surface area contributed by atoms with Crippen LogP contribution in [-0.2, 0) is 0 Å². The molecule has 0 atom stereocenters. The van der Waals surface area contributed by atoms with Crippen LogP contribution in [0.5, 0.6) is 0 Å². The molecule has 3 N–H and O–H groups in total. The van der Waals surface area contributed by atoms with E-state index in [2.05, 4.69) is 5.32 Å². The van der Waals surface area contributed by atoms with E-state index in [1.807, 2.05) is 0 Å². The molecule has 0 aliphatic heterocycles. The first kappa shape index (κ1) is 15.9. The molecule has 1 aromatic carbocycles. The lowest BCUT2D eigenvalue weighted by atomic mass is 10.2. The molecule has 0 radical (unpaired) electrons. The Kier molecular flexibility index (Phi) is 5.31. The van der Waals surface area contributed by atoms with E-state index < -0.39 is 18.5 Å². The fourth-order valence-corrected chi connectivity index (χ4v) is 1.67. The predicted molar refractivity (Wildman–Crippen MR) is 68.5 cm³/mol. The molecule has 0 saturated carbocycles. The third-order valence-electron chi connectivity index (χ3n) is 2.24. The normalized spacial score (nSPS) is 11.4. The molecule has 8 heteroatoms. The van der Waals surface area contributed by atoms with E-state index in [4.69, 9.17) is 28.9 Å². The highest BCUT2D eigenvalue weighted by Crippen LogP contribution is 2.29. The zero-order chi connectivity index (χ0) is 14.6. The fraction of sp³-hybridized carbons (Fsp3) is 0.364. The molecule has 0 aliphatic rings. The van der Waals surface area contributed by atoms with E-state index in [9.17, 15) is 18.0 Å². The monoisotopic (exact) mass is 314 g/mol. The number of halogens is 5. The summed E-state index contributed by atoms with van der Waals surface area (Å²) >= 11 is 11.5. The second kappa shape index (κ2) is 6.34. The van der Waals surface area contributed by atoms with Crippen LogP contribution in [0, 0.1) is 0 Å². The first-order valence-corrected chi connectivity index (χ1v) is 6.06. The van der Waals surface area contributed by atoms with Gasteiger partial charge in [-0.1, -0.05) is 23.2 Å². The van der Waals surface area contributed by atoms with E-state index in [0.29, 0.717) is 0 Å². The Hall–Kier alpha value is -1.14. The summed E-state index contributed by atoms with van der Waals surface area (Å²) in [6, 6.07) is 2.62. The van der Waals surface area contributed by atoms with Gasteiger partial charge in [0, 0.05) is 18.5 Å². The van der Waals surface area contributed by atoms with Gasteiger partial charge in [-0.3, -0.25) is 4.79 Å². The summed E-state index contributed by atoms with van der Waals surface area (Å²) in [4.78, 5) is 11.6. The van der Waals surface area contributed by atoms with Gasteiger partial charge >= 0.3 is 6.18 Å². The molecule has 19 heavy (non-hydrogen) atoms. The highest BCUT2D eigenvalue weighted by atomic mass is 35.5. The number of alkyl halides is 3. The molecular formula is C11H11Cl2F3N2O. The Balaban J connectivity index is 2.55. The molecule has 106 valence electrons. The third kappa shape index (κ3) is 5.16. The minimum atomic E-state index is -4.22. The topological polar surface area (TPSA) is 55.1 Å². The first-order valence-electron chi connectivity index (χ1n) is 5.30. The van der Waals surface area contributed by atoms with Crippen LogP contribution < -0.4 is 11.1 Å². The van der Waals surface area contributed by atoms with E-state index in [1.54, 1.807) is 0 Å². The number of hydrogen-bond acceptors (Lipinski definition) is 2. The summed E-state index contributed by atoms with van der Waals surface area (Å²) in [5.41, 5.74) is 5.81. The van der Waals surface area contributed by atoms with Crippen molar-refractivity contribution in [3.8, 4) is 0 Å². The molecule has 0 spiro atoms. The second-order valence-corrected chi connectivity index (χ2v) is 4.62. The summed E-state index contributed by atoms with van der Waals surface area (Å²) in [5.74, 6) is -0.549. The van der Waals surface area contributed by atoms with E-state index >= 15 is 0 Å². The molecule has 0 fully saturated rings. The summed E-state index contributed by atoms with van der Waals surface area (Å²) in [6.45, 7) is -0.0848. The fourth-order valence-electron chi connectivity index (χ4n) is 1.33. The molecule has 0 saturated heterocycles. The molecule has 0 bridgehead atoms. The molecule has 1 amide bonds. The SMILES string of the molecule is Nc1cc(C(=O)NCCCC(F)(F)F)cc(Cl)c1Cl. The van der Waals surface area contributed by atoms with Crippen LogP contribution in [0.1, 0.15) is 23.2 Å². The van der Waals surface area contributed by atoms with Gasteiger partial charge in [-0.15, -0.1) is 0 Å². The Morgan fingerprint density at radius 3 is 2.47 bits per heavy atom. The average molecular weight is 315 g/mol. The van der Waals surface area contributed by atoms with Crippen LogP contribution in [0.2, 0.25) is 10.0 Å². The molecule has 1 rings (SSSR count). The number of anilines is 1. The maximum atomic E-state index is 11.9. The standard InChI is InChI=1S/C11H11Cl2F3N2O/c12-7-4-6(5-8(17)9(7)13)10(19)18-3-1-2-11(14,15)16/h4-5H,1-3,17H2,(H,18,19). The van der Waals surface area contributed by atoms with Crippen molar-refractivity contribution in [3.05, 3.63) is 27.7 Å². The Morgan fingerprint density at radius 1 is 1.32 bits per heavy atom. The maximum absolute atomic E-state index is 11.9. The van der Waals surface area contributed by atoms with Crippen LogP contribution in [0.15, 0.2) is 12.1 Å². The van der Waals surface area contributed by atoms with Crippen molar-refractivity contribution in [2.24, 2.45) is 0 Å². The van der Waals surface area contributed by atoms with Gasteiger partial charge in [0.1, 0.15) is 0 Å². The zero-order valence-corrected chi connectivity index (χ0v) is 11.2. The van der Waals surface area contributed by atoms with Crippen molar-refractivity contribution >= 4 is 34.8 Å². The summed E-state index contributed by atoms with van der Waals surface area (Å²) in [7, 11) is 0. The van der Waals surface area contributed by atoms with Gasteiger partial charge in [0.15, 0.2) is 0 Å². The molecular weight excluding hydrogens is 304 g/mol. The summed E-state index contributed by atoms with van der Waals surface area (Å²) in [5, 5.41) is 2.60. The van der Waals surface area contributed by atoms with Gasteiger partial charge in [-0.2, -0.15) is 13.2 Å². The number of carbonyl (C=O) groups excluding carboxylic acids is 1. The molecule has 0 aliphatic carbocycles. The number of carbonyl (C=O) groups is 1. The Labute approximate surface area is 117 Å². The van der Waals surface area contributed by atoms with Gasteiger partial charge in [0.25, 0.3) is 5.91 Å². The minimum absolute atomic E-state index is 0.0848. The molecule has 3 nitrogen and oxygen atoms in total. The molecule has 0 unspecified atom stereocenters. The summed E-state index contributed by atoms with van der Waals surface area (Å²) < 4.78 is 35.7. The van der Waals surface area contributed by atoms with Gasteiger partial charge in [-0.25, -0.2) is 0 Å². The Morgan fingerprint density at radius 2 is 1.95 bits per heavy atom. The van der Waals surface area contributed by atoms with Crippen LogP contribution in [0.4, 0.5) is 18.9 Å². The number of amides is 1. The van der Waals surface area contributed by atoms with Crippen LogP contribution >= 0.6 is 23.2 Å². The zero-order valence-electron chi connectivity index (χ0n) is 9.65. The molecule has 0 aromatic heterocycles. The molecule has 1 aromatic rings. The lowest BCUT2D eigenvalue weighted by Crippen LogP contribution is -2.25. The maximum Gasteiger partial charge on any atom is 0.389 e. The van der Waals surface area contributed by atoms with Gasteiger partial charge in [0.05, 0.1) is 15.7 Å². The third-order valence-corrected chi connectivity index (χ3v) is 3.06. The van der Waals surface area contributed by atoms with Gasteiger partial charge in [-0.05, 0) is 18.6 Å². The minimum Gasteiger partial charge on any atom is -0.397 e. The number of nitrogens with one attached hydrogen (secondary N) is 1. The van der Waals surface area contributed by atoms with Crippen molar-refractivity contribution in [2.75, 3.05) is 12.3 Å². The number of nitrogens with two attached hydrogens (primary N) is 1. The highest BCUT2D eigenvalue weighted by molar-refractivity contribution is 6.43. The molecule has 0 heterocycles. The predicted octanol–water partition coefficient (Wildman–Crippen LogP) is 3.65. The van der Waals surface area contributed by atoms with Crippen LogP contribution in [-0.4, -0.2) is 18.6 Å². The second-order valence-electron chi connectivity index (χ2n) is 3.84. The van der Waals surface area contributed by atoms with E-state index in [-0.39, 0.29) is 34.3 Å². The van der Waals surface area contributed by atoms with Crippen molar-refractivity contribution in [1.29, 1.82) is 0 Å². The number of hydrogen-bond donors (Lipinski definition) is 2. The number of nitrogen functional groups attached to an aromatic ring is 1. The first-order chi connectivity index (χ1) is 8.70. The Bertz CT molecular complexity index is 454. The van der Waals surface area contributed by atoms with E-state index in [1.165, 1.54) is 12.1 Å². The largest absolute Gasteiger partial charge is 0.397 e. The van der Waals surface area contributed by atoms with Crippen molar-refractivity contribution in [3.63, 3.8) is 0 Å². The summed E-state index contributed by atoms with van der Waals surface area (Å²) in [6.07, 6.45) is -5.36. The van der Waals surface area contributed by atoms with Crippen LogP contribution in [0.25, 0.3) is 0 Å². The van der Waals surface area contributed by atoms with E-state index in [0.717, 1.165) is 0 Å². The van der Waals surface area contributed by atoms with Gasteiger partial charge < -0.3 is 11.1 Å². The number of benzene rings is 1. The van der Waals surface area contributed by atoms with Crippen molar-refractivity contribution in [2.45, 2.75) is 19.0 Å².